The largest absolute Gasteiger partial charge is 0.495 e. The van der Waals surface area contributed by atoms with Crippen LogP contribution in [0.3, 0.4) is 0 Å². The van der Waals surface area contributed by atoms with E-state index in [4.69, 9.17) is 25.6 Å². The van der Waals surface area contributed by atoms with Gasteiger partial charge >= 0.3 is 0 Å². The molecule has 1 heterocycles. The van der Waals surface area contributed by atoms with Gasteiger partial charge in [-0.05, 0) is 19.4 Å². The lowest BCUT2D eigenvalue weighted by Crippen LogP contribution is -2.08. The quantitative estimate of drug-likeness (QED) is 0.833. The molecule has 1 N–H and O–H groups in total. The van der Waals surface area contributed by atoms with Crippen LogP contribution in [0.25, 0.3) is 0 Å². The summed E-state index contributed by atoms with van der Waals surface area (Å²) in [5.74, 6) is 2.42. The Hall–Kier alpha value is -1.95. The van der Waals surface area contributed by atoms with E-state index in [2.05, 4.69) is 22.4 Å². The van der Waals surface area contributed by atoms with Crippen LogP contribution >= 0.6 is 11.6 Å². The maximum Gasteiger partial charge on any atom is 0.248 e. The number of nitrogens with zero attached hydrogens (tertiary/aromatic N) is 2. The molecule has 2 rings (SSSR count). The van der Waals surface area contributed by atoms with E-state index in [1.54, 1.807) is 26.4 Å². The van der Waals surface area contributed by atoms with Crippen molar-refractivity contribution >= 4 is 17.3 Å². The molecule has 0 bridgehead atoms. The minimum Gasteiger partial charge on any atom is -0.495 e. The zero-order valence-electron chi connectivity index (χ0n) is 13.1. The highest BCUT2D eigenvalue weighted by Gasteiger charge is 2.17. The molecule has 0 unspecified atom stereocenters. The average Bonchev–Trinajstić information content (AvgIpc) is 2.97. The number of aromatic nitrogens is 2. The zero-order chi connectivity index (χ0) is 16.1. The zero-order valence-corrected chi connectivity index (χ0v) is 13.9. The van der Waals surface area contributed by atoms with Crippen molar-refractivity contribution < 1.29 is 14.0 Å². The lowest BCUT2D eigenvalue weighted by Gasteiger charge is -2.16. The summed E-state index contributed by atoms with van der Waals surface area (Å²) < 4.78 is 15.8. The highest BCUT2D eigenvalue weighted by Crippen LogP contribution is 2.37. The Bertz CT molecular complexity index is 630. The van der Waals surface area contributed by atoms with Gasteiger partial charge in [-0.3, -0.25) is 0 Å². The van der Waals surface area contributed by atoms with Gasteiger partial charge in [0.1, 0.15) is 17.5 Å². The van der Waals surface area contributed by atoms with Crippen LogP contribution in [-0.4, -0.2) is 24.4 Å². The molecule has 0 saturated carbocycles. The number of halogens is 1. The van der Waals surface area contributed by atoms with Gasteiger partial charge in [0, 0.05) is 12.5 Å². The minimum absolute atomic E-state index is 0.170. The number of aryl methyl sites for hydroxylation is 1. The van der Waals surface area contributed by atoms with Crippen LogP contribution < -0.4 is 14.8 Å². The molecule has 0 saturated heterocycles. The number of anilines is 1. The minimum atomic E-state index is -0.170. The van der Waals surface area contributed by atoms with Crippen molar-refractivity contribution in [3.8, 4) is 11.5 Å². The van der Waals surface area contributed by atoms with Crippen LogP contribution in [0.4, 0.5) is 5.69 Å². The maximum atomic E-state index is 6.16. The Labute approximate surface area is 134 Å². The Morgan fingerprint density at radius 2 is 2.00 bits per heavy atom. The molecule has 0 radical (unpaired) electrons. The van der Waals surface area contributed by atoms with Gasteiger partial charge < -0.3 is 19.3 Å². The van der Waals surface area contributed by atoms with Crippen molar-refractivity contribution in [1.82, 2.24) is 10.1 Å². The van der Waals surface area contributed by atoms with Crippen molar-refractivity contribution in [3.05, 3.63) is 28.9 Å². The van der Waals surface area contributed by atoms with E-state index in [0.29, 0.717) is 28.2 Å². The van der Waals surface area contributed by atoms with Gasteiger partial charge in [0.25, 0.3) is 0 Å². The predicted molar refractivity (Wildman–Crippen MR) is 84.9 cm³/mol. The van der Waals surface area contributed by atoms with Gasteiger partial charge in [-0.2, -0.15) is 4.98 Å². The molecule has 7 heteroatoms. The number of hydrogen-bond donors (Lipinski definition) is 1. The van der Waals surface area contributed by atoms with Gasteiger partial charge in [-0.15, -0.1) is 0 Å². The van der Waals surface area contributed by atoms with Gasteiger partial charge in [0.15, 0.2) is 5.82 Å². The first kappa shape index (κ1) is 16.4. The third-order valence-electron chi connectivity index (χ3n) is 3.17. The molecule has 0 aliphatic heterocycles. The number of nitrogens with one attached hydrogen (secondary N) is 1. The fourth-order valence-corrected chi connectivity index (χ4v) is 2.28. The molecular weight excluding hydrogens is 306 g/mol. The molecule has 2 aromatic rings. The van der Waals surface area contributed by atoms with Crippen molar-refractivity contribution in [2.75, 3.05) is 19.5 Å². The van der Waals surface area contributed by atoms with Gasteiger partial charge in [-0.1, -0.05) is 23.7 Å². The van der Waals surface area contributed by atoms with Gasteiger partial charge in [-0.25, -0.2) is 0 Å². The van der Waals surface area contributed by atoms with Crippen molar-refractivity contribution in [2.45, 2.75) is 32.7 Å². The molecule has 0 spiro atoms. The lowest BCUT2D eigenvalue weighted by atomic mass is 10.2. The molecule has 22 heavy (non-hydrogen) atoms. The highest BCUT2D eigenvalue weighted by molar-refractivity contribution is 6.32. The third kappa shape index (κ3) is 3.62. The summed E-state index contributed by atoms with van der Waals surface area (Å²) in [5, 5.41) is 7.71. The lowest BCUT2D eigenvalue weighted by molar-refractivity contribution is 0.361. The van der Waals surface area contributed by atoms with E-state index in [9.17, 15) is 0 Å². The van der Waals surface area contributed by atoms with E-state index < -0.39 is 0 Å². The summed E-state index contributed by atoms with van der Waals surface area (Å²) in [6, 6.07) is 3.31. The van der Waals surface area contributed by atoms with Crippen LogP contribution in [0.5, 0.6) is 11.5 Å². The maximum absolute atomic E-state index is 6.16. The summed E-state index contributed by atoms with van der Waals surface area (Å²) in [4.78, 5) is 4.37. The van der Waals surface area contributed by atoms with E-state index >= 15 is 0 Å². The Morgan fingerprint density at radius 3 is 2.64 bits per heavy atom. The monoisotopic (exact) mass is 325 g/mol. The van der Waals surface area contributed by atoms with Gasteiger partial charge in [0.05, 0.1) is 24.9 Å². The van der Waals surface area contributed by atoms with Crippen LogP contribution in [0.15, 0.2) is 16.7 Å². The predicted octanol–water partition coefficient (Wildman–Crippen LogP) is 3.87. The number of hydrogen-bond acceptors (Lipinski definition) is 6. The number of ether oxygens (including phenoxy) is 2. The van der Waals surface area contributed by atoms with Crippen molar-refractivity contribution in [1.29, 1.82) is 0 Å². The molecule has 1 aromatic heterocycles. The van der Waals surface area contributed by atoms with Crippen LogP contribution in [0, 0.1) is 0 Å². The summed E-state index contributed by atoms with van der Waals surface area (Å²) in [7, 11) is 3.15. The topological polar surface area (TPSA) is 69.4 Å². The first-order valence-electron chi connectivity index (χ1n) is 7.09. The summed E-state index contributed by atoms with van der Waals surface area (Å²) in [6.07, 6.45) is 1.77. The molecule has 1 atom stereocenters. The standard InChI is InChI=1S/C15H20ClN3O3/c1-5-6-14-18-15(22-19-14)9(2)17-11-7-10(16)12(20-3)8-13(11)21-4/h7-9,17H,5-6H2,1-4H3/t9-/m1/s1. The summed E-state index contributed by atoms with van der Waals surface area (Å²) in [6.45, 7) is 4.00. The van der Waals surface area contributed by atoms with Gasteiger partial charge in [0.2, 0.25) is 5.89 Å². The fourth-order valence-electron chi connectivity index (χ4n) is 2.04. The average molecular weight is 326 g/mol. The second-order valence-corrected chi connectivity index (χ2v) is 5.26. The Morgan fingerprint density at radius 1 is 1.27 bits per heavy atom. The molecule has 0 aliphatic carbocycles. The van der Waals surface area contributed by atoms with Crippen molar-refractivity contribution in [2.24, 2.45) is 0 Å². The first-order chi connectivity index (χ1) is 10.6. The molecule has 6 nitrogen and oxygen atoms in total. The third-order valence-corrected chi connectivity index (χ3v) is 3.47. The molecule has 1 aromatic carbocycles. The molecular formula is C15H20ClN3O3. The second kappa shape index (κ2) is 7.35. The summed E-state index contributed by atoms with van der Waals surface area (Å²) in [5.41, 5.74) is 0.732. The van der Waals surface area contributed by atoms with Crippen LogP contribution in [0.2, 0.25) is 5.02 Å². The van der Waals surface area contributed by atoms with E-state index in [-0.39, 0.29) is 6.04 Å². The fraction of sp³-hybridized carbons (Fsp3) is 0.467. The summed E-state index contributed by atoms with van der Waals surface area (Å²) >= 11 is 6.16. The van der Waals surface area contributed by atoms with E-state index in [0.717, 1.165) is 18.5 Å². The first-order valence-corrected chi connectivity index (χ1v) is 7.47. The SMILES string of the molecule is CCCc1noc([C@@H](C)Nc2cc(Cl)c(OC)cc2OC)n1. The normalized spacial score (nSPS) is 12.0. The van der Waals surface area contributed by atoms with Crippen molar-refractivity contribution in [3.63, 3.8) is 0 Å². The van der Waals surface area contributed by atoms with E-state index in [1.807, 2.05) is 6.92 Å². The van der Waals surface area contributed by atoms with Crippen LogP contribution in [-0.2, 0) is 6.42 Å². The van der Waals surface area contributed by atoms with E-state index in [1.165, 1.54) is 0 Å². The molecule has 0 amide bonds. The molecule has 120 valence electrons. The number of methoxy groups -OCH3 is 2. The molecule has 0 aliphatic rings. The number of benzene rings is 1. The Balaban J connectivity index is 2.19. The number of rotatable bonds is 7. The Kier molecular flexibility index (Phi) is 5.49. The molecule has 0 fully saturated rings. The van der Waals surface area contributed by atoms with Crippen LogP contribution in [0.1, 0.15) is 38.0 Å². The smallest absolute Gasteiger partial charge is 0.248 e. The highest BCUT2D eigenvalue weighted by atomic mass is 35.5. The second-order valence-electron chi connectivity index (χ2n) is 4.85.